The van der Waals surface area contributed by atoms with Crippen molar-refractivity contribution < 1.29 is 18.7 Å². The van der Waals surface area contributed by atoms with Crippen molar-refractivity contribution in [3.63, 3.8) is 0 Å². The van der Waals surface area contributed by atoms with Crippen molar-refractivity contribution in [2.75, 3.05) is 17.7 Å². The maximum absolute atomic E-state index is 14.1. The highest BCUT2D eigenvalue weighted by molar-refractivity contribution is 8.00. The van der Waals surface area contributed by atoms with Gasteiger partial charge in [-0.25, -0.2) is 4.39 Å². The first kappa shape index (κ1) is 24.0. The molecular weight excluding hydrogens is 463 g/mol. The number of thioether (sulfide) groups is 1. The second-order valence-electron chi connectivity index (χ2n) is 7.59. The molecule has 0 aliphatic carbocycles. The molecule has 2 N–H and O–H groups in total. The number of carbonyl (C=O) groups is 2. The van der Waals surface area contributed by atoms with Crippen LogP contribution >= 0.6 is 11.8 Å². The van der Waals surface area contributed by atoms with Gasteiger partial charge in [-0.3, -0.25) is 9.59 Å². The molecule has 0 fully saturated rings. The minimum atomic E-state index is -0.639. The third kappa shape index (κ3) is 6.28. The molecule has 35 heavy (non-hydrogen) atoms. The van der Waals surface area contributed by atoms with Gasteiger partial charge in [-0.1, -0.05) is 54.6 Å². The summed E-state index contributed by atoms with van der Waals surface area (Å²) in [6.45, 7) is 0. The topological polar surface area (TPSA) is 67.4 Å². The number of ether oxygens (including phenoxy) is 1. The number of anilines is 2. The normalized spacial score (nSPS) is 11.4. The summed E-state index contributed by atoms with van der Waals surface area (Å²) in [6.07, 6.45) is 0. The molecule has 0 aromatic heterocycles. The quantitative estimate of drug-likeness (QED) is 0.277. The third-order valence-corrected chi connectivity index (χ3v) is 6.40. The van der Waals surface area contributed by atoms with Gasteiger partial charge in [0.15, 0.2) is 0 Å². The number of carbonyl (C=O) groups excluding carboxylic acids is 2. The summed E-state index contributed by atoms with van der Waals surface area (Å²) in [5.74, 6) is -0.534. The van der Waals surface area contributed by atoms with Crippen LogP contribution in [0.3, 0.4) is 0 Å². The summed E-state index contributed by atoms with van der Waals surface area (Å²) >= 11 is 1.31. The van der Waals surface area contributed by atoms with Crippen LogP contribution in [0.2, 0.25) is 0 Å². The van der Waals surface area contributed by atoms with Gasteiger partial charge in [0, 0.05) is 16.1 Å². The molecule has 0 aliphatic heterocycles. The highest BCUT2D eigenvalue weighted by atomic mass is 32.2. The van der Waals surface area contributed by atoms with Crippen LogP contribution in [0.25, 0.3) is 0 Å². The molecule has 5 nitrogen and oxygen atoms in total. The molecule has 1 unspecified atom stereocenters. The van der Waals surface area contributed by atoms with E-state index in [1.165, 1.54) is 23.9 Å². The first-order valence-corrected chi connectivity index (χ1v) is 11.7. The van der Waals surface area contributed by atoms with Crippen molar-refractivity contribution in [3.05, 3.63) is 120 Å². The van der Waals surface area contributed by atoms with Crippen molar-refractivity contribution in [1.82, 2.24) is 0 Å². The molecule has 0 spiro atoms. The number of nitrogens with one attached hydrogen (secondary N) is 2. The van der Waals surface area contributed by atoms with Crippen molar-refractivity contribution in [3.8, 4) is 5.75 Å². The highest BCUT2D eigenvalue weighted by Crippen LogP contribution is 2.37. The Kier molecular flexibility index (Phi) is 7.80. The predicted molar refractivity (Wildman–Crippen MR) is 137 cm³/mol. The SMILES string of the molecule is COc1cccc(C(=O)Nc2cccc(SC(C(=O)Nc3ccccc3F)c3ccccc3)c2)c1. The van der Waals surface area contributed by atoms with E-state index in [0.717, 1.165) is 10.5 Å². The first-order valence-electron chi connectivity index (χ1n) is 10.9. The van der Waals surface area contributed by atoms with E-state index in [1.807, 2.05) is 36.4 Å². The molecule has 2 amide bonds. The number of rotatable bonds is 8. The zero-order chi connectivity index (χ0) is 24.6. The minimum Gasteiger partial charge on any atom is -0.497 e. The van der Waals surface area contributed by atoms with E-state index in [-0.39, 0.29) is 17.5 Å². The Morgan fingerprint density at radius 3 is 2.34 bits per heavy atom. The molecule has 0 heterocycles. The fraction of sp³-hybridized carbons (Fsp3) is 0.0714. The largest absolute Gasteiger partial charge is 0.497 e. The van der Waals surface area contributed by atoms with Crippen molar-refractivity contribution >= 4 is 35.0 Å². The van der Waals surface area contributed by atoms with Gasteiger partial charge in [-0.05, 0) is 54.1 Å². The number of benzene rings is 4. The van der Waals surface area contributed by atoms with E-state index in [2.05, 4.69) is 10.6 Å². The van der Waals surface area contributed by atoms with Gasteiger partial charge < -0.3 is 15.4 Å². The number of amides is 2. The Balaban J connectivity index is 1.54. The molecule has 0 radical (unpaired) electrons. The van der Waals surface area contributed by atoms with Gasteiger partial charge in [-0.2, -0.15) is 0 Å². The lowest BCUT2D eigenvalue weighted by molar-refractivity contribution is -0.115. The summed E-state index contributed by atoms with van der Waals surface area (Å²) < 4.78 is 19.3. The Bertz CT molecular complexity index is 1330. The molecule has 0 aliphatic rings. The van der Waals surface area contributed by atoms with E-state index in [9.17, 15) is 14.0 Å². The van der Waals surface area contributed by atoms with Crippen LogP contribution in [-0.4, -0.2) is 18.9 Å². The molecule has 7 heteroatoms. The summed E-state index contributed by atoms with van der Waals surface area (Å²) in [5.41, 5.74) is 1.95. The van der Waals surface area contributed by atoms with Crippen LogP contribution in [0, 0.1) is 5.82 Å². The lowest BCUT2D eigenvalue weighted by atomic mass is 10.1. The molecule has 0 saturated carbocycles. The second kappa shape index (κ2) is 11.4. The fourth-order valence-electron chi connectivity index (χ4n) is 3.41. The average Bonchev–Trinajstić information content (AvgIpc) is 2.89. The zero-order valence-electron chi connectivity index (χ0n) is 18.9. The lowest BCUT2D eigenvalue weighted by Gasteiger charge is -2.18. The number of halogens is 1. The molecule has 4 rings (SSSR count). The minimum absolute atomic E-state index is 0.123. The number of hydrogen-bond acceptors (Lipinski definition) is 4. The highest BCUT2D eigenvalue weighted by Gasteiger charge is 2.23. The number of hydrogen-bond donors (Lipinski definition) is 2. The van der Waals surface area contributed by atoms with Crippen molar-refractivity contribution in [2.24, 2.45) is 0 Å². The average molecular weight is 487 g/mol. The van der Waals surface area contributed by atoms with E-state index < -0.39 is 11.1 Å². The van der Waals surface area contributed by atoms with E-state index in [0.29, 0.717) is 17.0 Å². The molecule has 4 aromatic rings. The van der Waals surface area contributed by atoms with E-state index >= 15 is 0 Å². The van der Waals surface area contributed by atoms with Crippen LogP contribution < -0.4 is 15.4 Å². The molecule has 1 atom stereocenters. The van der Waals surface area contributed by atoms with Crippen LogP contribution in [0.1, 0.15) is 21.2 Å². The van der Waals surface area contributed by atoms with Gasteiger partial charge in [0.05, 0.1) is 12.8 Å². The Morgan fingerprint density at radius 1 is 0.829 bits per heavy atom. The van der Waals surface area contributed by atoms with Crippen LogP contribution in [0.4, 0.5) is 15.8 Å². The number of para-hydroxylation sites is 1. The molecule has 0 bridgehead atoms. The maximum atomic E-state index is 14.1. The van der Waals surface area contributed by atoms with E-state index in [4.69, 9.17) is 4.74 Å². The van der Waals surface area contributed by atoms with Crippen LogP contribution in [-0.2, 0) is 4.79 Å². The van der Waals surface area contributed by atoms with Crippen LogP contribution in [0.15, 0.2) is 108 Å². The molecule has 0 saturated heterocycles. The first-order chi connectivity index (χ1) is 17.0. The molecular formula is C28H23FN2O3S. The van der Waals surface area contributed by atoms with Gasteiger partial charge in [-0.15, -0.1) is 11.8 Å². The lowest BCUT2D eigenvalue weighted by Crippen LogP contribution is -2.19. The summed E-state index contributed by atoms with van der Waals surface area (Å²) in [4.78, 5) is 26.7. The standard InChI is InChI=1S/C28H23FN2O3S/c1-34-22-13-7-11-20(17-22)27(32)30-21-12-8-14-23(18-21)35-26(19-9-3-2-4-10-19)28(33)31-25-16-6-5-15-24(25)29/h2-18,26H,1H3,(H,30,32)(H,31,33). The van der Waals surface area contributed by atoms with Gasteiger partial charge in [0.1, 0.15) is 16.8 Å². The molecule has 176 valence electrons. The summed E-state index contributed by atoms with van der Waals surface area (Å²) in [5, 5.41) is 4.93. The van der Waals surface area contributed by atoms with Gasteiger partial charge in [0.25, 0.3) is 5.91 Å². The van der Waals surface area contributed by atoms with E-state index in [1.54, 1.807) is 61.7 Å². The second-order valence-corrected chi connectivity index (χ2v) is 8.77. The fourth-order valence-corrected chi connectivity index (χ4v) is 4.50. The molecule has 4 aromatic carbocycles. The zero-order valence-corrected chi connectivity index (χ0v) is 19.7. The van der Waals surface area contributed by atoms with Gasteiger partial charge >= 0.3 is 0 Å². The third-order valence-electron chi connectivity index (χ3n) is 5.15. The summed E-state index contributed by atoms with van der Waals surface area (Å²) in [7, 11) is 1.54. The van der Waals surface area contributed by atoms with Crippen LogP contribution in [0.5, 0.6) is 5.75 Å². The van der Waals surface area contributed by atoms with Crippen molar-refractivity contribution in [1.29, 1.82) is 0 Å². The monoisotopic (exact) mass is 486 g/mol. The Hall–Kier alpha value is -4.10. The number of methoxy groups -OCH3 is 1. The summed E-state index contributed by atoms with van der Waals surface area (Å²) in [6, 6.07) is 29.5. The Labute approximate surface area is 207 Å². The maximum Gasteiger partial charge on any atom is 0.255 e. The van der Waals surface area contributed by atoms with Gasteiger partial charge in [0.2, 0.25) is 5.91 Å². The smallest absolute Gasteiger partial charge is 0.255 e. The Morgan fingerprint density at radius 2 is 1.57 bits per heavy atom. The predicted octanol–water partition coefficient (Wildman–Crippen LogP) is 6.56. The van der Waals surface area contributed by atoms with Crippen molar-refractivity contribution in [2.45, 2.75) is 10.1 Å².